The number of nitrogens with zero attached hydrogens (tertiary/aromatic N) is 1. The highest BCUT2D eigenvalue weighted by atomic mass is 16.5. The Morgan fingerprint density at radius 1 is 0.935 bits per heavy atom. The minimum absolute atomic E-state index is 0.0705. The maximum absolute atomic E-state index is 13.0. The van der Waals surface area contributed by atoms with Crippen molar-refractivity contribution in [3.8, 4) is 5.75 Å². The van der Waals surface area contributed by atoms with Crippen molar-refractivity contribution in [1.29, 1.82) is 0 Å². The SMILES string of the molecule is CCCN(Cc1ccc(COc2ccccc2)cc1)C(=O)C1CC(C(=O)O)C1C(=O)O. The molecule has 2 aromatic rings. The van der Waals surface area contributed by atoms with Crippen LogP contribution < -0.4 is 4.74 Å². The molecule has 0 saturated heterocycles. The van der Waals surface area contributed by atoms with E-state index in [2.05, 4.69) is 0 Å². The van der Waals surface area contributed by atoms with Crippen LogP contribution in [-0.4, -0.2) is 39.5 Å². The summed E-state index contributed by atoms with van der Waals surface area (Å²) in [5.74, 6) is -4.84. The van der Waals surface area contributed by atoms with Crippen LogP contribution in [-0.2, 0) is 27.5 Å². The van der Waals surface area contributed by atoms with Crippen LogP contribution in [0, 0.1) is 17.8 Å². The van der Waals surface area contributed by atoms with Crippen LogP contribution in [0.1, 0.15) is 30.9 Å². The molecule has 3 unspecified atom stereocenters. The number of hydrogen-bond acceptors (Lipinski definition) is 4. The molecule has 0 bridgehead atoms. The van der Waals surface area contributed by atoms with Gasteiger partial charge in [0.1, 0.15) is 12.4 Å². The van der Waals surface area contributed by atoms with Gasteiger partial charge in [-0.15, -0.1) is 0 Å². The highest BCUT2D eigenvalue weighted by Crippen LogP contribution is 2.42. The number of rotatable bonds is 10. The lowest BCUT2D eigenvalue weighted by atomic mass is 9.64. The van der Waals surface area contributed by atoms with E-state index >= 15 is 0 Å². The van der Waals surface area contributed by atoms with E-state index in [4.69, 9.17) is 4.74 Å². The van der Waals surface area contributed by atoms with Crippen molar-refractivity contribution in [2.75, 3.05) is 6.54 Å². The average molecular weight is 425 g/mol. The predicted octanol–water partition coefficient (Wildman–Crippen LogP) is 3.43. The van der Waals surface area contributed by atoms with Crippen molar-refractivity contribution in [3.63, 3.8) is 0 Å². The van der Waals surface area contributed by atoms with Crippen molar-refractivity contribution >= 4 is 17.8 Å². The molecule has 3 atom stereocenters. The van der Waals surface area contributed by atoms with Crippen LogP contribution in [0.3, 0.4) is 0 Å². The number of carboxylic acid groups (broad SMARTS) is 2. The van der Waals surface area contributed by atoms with Gasteiger partial charge < -0.3 is 19.8 Å². The van der Waals surface area contributed by atoms with E-state index in [-0.39, 0.29) is 12.3 Å². The summed E-state index contributed by atoms with van der Waals surface area (Å²) in [5.41, 5.74) is 1.92. The summed E-state index contributed by atoms with van der Waals surface area (Å²) >= 11 is 0. The topological polar surface area (TPSA) is 104 Å². The number of carbonyl (C=O) groups is 3. The average Bonchev–Trinajstić information content (AvgIpc) is 2.72. The van der Waals surface area contributed by atoms with Crippen molar-refractivity contribution in [1.82, 2.24) is 4.90 Å². The second-order valence-corrected chi connectivity index (χ2v) is 7.83. The molecule has 1 fully saturated rings. The largest absolute Gasteiger partial charge is 0.489 e. The molecule has 2 aromatic carbocycles. The Kier molecular flexibility index (Phi) is 7.28. The maximum Gasteiger partial charge on any atom is 0.308 e. The number of ether oxygens (including phenoxy) is 1. The van der Waals surface area contributed by atoms with Crippen molar-refractivity contribution in [3.05, 3.63) is 65.7 Å². The van der Waals surface area contributed by atoms with Gasteiger partial charge in [-0.1, -0.05) is 49.4 Å². The summed E-state index contributed by atoms with van der Waals surface area (Å²) in [4.78, 5) is 37.3. The first kappa shape index (κ1) is 22.3. The Hall–Kier alpha value is -3.35. The molecule has 1 aliphatic carbocycles. The van der Waals surface area contributed by atoms with Crippen molar-refractivity contribution in [2.45, 2.75) is 32.9 Å². The Morgan fingerprint density at radius 3 is 2.16 bits per heavy atom. The molecule has 0 heterocycles. The molecule has 1 saturated carbocycles. The van der Waals surface area contributed by atoms with Gasteiger partial charge in [0.15, 0.2) is 0 Å². The Bertz CT molecular complexity index is 911. The Balaban J connectivity index is 1.62. The summed E-state index contributed by atoms with van der Waals surface area (Å²) < 4.78 is 5.74. The van der Waals surface area contributed by atoms with Gasteiger partial charge in [0.2, 0.25) is 5.91 Å². The number of para-hydroxylation sites is 1. The number of hydrogen-bond donors (Lipinski definition) is 2. The van der Waals surface area contributed by atoms with Gasteiger partial charge in [-0.25, -0.2) is 0 Å². The normalized spacial score (nSPS) is 19.8. The van der Waals surface area contributed by atoms with Gasteiger partial charge in [0, 0.05) is 13.1 Å². The molecular weight excluding hydrogens is 398 g/mol. The zero-order valence-electron chi connectivity index (χ0n) is 17.4. The van der Waals surface area contributed by atoms with Crippen molar-refractivity contribution in [2.24, 2.45) is 17.8 Å². The number of carboxylic acids is 2. The molecule has 3 rings (SSSR count). The lowest BCUT2D eigenvalue weighted by molar-refractivity contribution is -0.172. The third-order valence-corrected chi connectivity index (χ3v) is 5.64. The van der Waals surface area contributed by atoms with Crippen LogP contribution in [0.25, 0.3) is 0 Å². The first-order chi connectivity index (χ1) is 14.9. The third-order valence-electron chi connectivity index (χ3n) is 5.64. The number of amides is 1. The third kappa shape index (κ3) is 5.42. The van der Waals surface area contributed by atoms with Gasteiger partial charge in [0.25, 0.3) is 0 Å². The Morgan fingerprint density at radius 2 is 1.58 bits per heavy atom. The fourth-order valence-electron chi connectivity index (χ4n) is 3.92. The van der Waals surface area contributed by atoms with Gasteiger partial charge in [0.05, 0.1) is 17.8 Å². The first-order valence-electron chi connectivity index (χ1n) is 10.4. The highest BCUT2D eigenvalue weighted by molar-refractivity contribution is 5.91. The zero-order valence-corrected chi connectivity index (χ0v) is 17.4. The molecule has 31 heavy (non-hydrogen) atoms. The molecule has 0 radical (unpaired) electrons. The second-order valence-electron chi connectivity index (χ2n) is 7.83. The Labute approximate surface area is 181 Å². The molecule has 7 heteroatoms. The summed E-state index contributed by atoms with van der Waals surface area (Å²) in [6.45, 7) is 3.21. The molecule has 0 aromatic heterocycles. The number of carbonyl (C=O) groups excluding carboxylic acids is 1. The summed E-state index contributed by atoms with van der Waals surface area (Å²) in [6.07, 6.45) is 0.794. The van der Waals surface area contributed by atoms with E-state index < -0.39 is 29.7 Å². The lowest BCUT2D eigenvalue weighted by Crippen LogP contribution is -2.53. The van der Waals surface area contributed by atoms with Crippen molar-refractivity contribution < 1.29 is 29.3 Å². The molecule has 164 valence electrons. The van der Waals surface area contributed by atoms with Crippen LogP contribution in [0.15, 0.2) is 54.6 Å². The quantitative estimate of drug-likeness (QED) is 0.604. The van der Waals surface area contributed by atoms with Crippen LogP contribution >= 0.6 is 0 Å². The van der Waals surface area contributed by atoms with Crippen LogP contribution in [0.5, 0.6) is 5.75 Å². The second kappa shape index (κ2) is 10.1. The summed E-state index contributed by atoms with van der Waals surface area (Å²) in [6, 6.07) is 17.3. The maximum atomic E-state index is 13.0. The van der Waals surface area contributed by atoms with E-state index in [1.54, 1.807) is 4.90 Å². The zero-order chi connectivity index (χ0) is 22.4. The van der Waals surface area contributed by atoms with Gasteiger partial charge in [-0.3, -0.25) is 14.4 Å². The molecule has 0 aliphatic heterocycles. The summed E-state index contributed by atoms with van der Waals surface area (Å²) in [5, 5.41) is 18.6. The standard InChI is InChI=1S/C24H27NO6/c1-2-12-25(22(26)19-13-20(23(27)28)21(19)24(29)30)14-16-8-10-17(11-9-16)15-31-18-6-4-3-5-7-18/h3-11,19-21H,2,12-15H2,1H3,(H,27,28)(H,29,30). The van der Waals surface area contributed by atoms with E-state index in [1.807, 2.05) is 61.5 Å². The van der Waals surface area contributed by atoms with Crippen LogP contribution in [0.4, 0.5) is 0 Å². The molecular formula is C24H27NO6. The van der Waals surface area contributed by atoms with Crippen LogP contribution in [0.2, 0.25) is 0 Å². The van der Waals surface area contributed by atoms with E-state index in [9.17, 15) is 24.6 Å². The monoisotopic (exact) mass is 425 g/mol. The fraction of sp³-hybridized carbons (Fsp3) is 0.375. The van der Waals surface area contributed by atoms with E-state index in [1.165, 1.54) is 0 Å². The highest BCUT2D eigenvalue weighted by Gasteiger charge is 2.54. The van der Waals surface area contributed by atoms with Gasteiger partial charge >= 0.3 is 11.9 Å². The minimum atomic E-state index is -1.23. The predicted molar refractivity (Wildman–Crippen MR) is 113 cm³/mol. The molecule has 7 nitrogen and oxygen atoms in total. The number of aliphatic carboxylic acids is 2. The molecule has 2 N–H and O–H groups in total. The van der Waals surface area contributed by atoms with E-state index in [0.29, 0.717) is 19.7 Å². The molecule has 1 amide bonds. The minimum Gasteiger partial charge on any atom is -0.489 e. The molecule has 1 aliphatic rings. The van der Waals surface area contributed by atoms with E-state index in [0.717, 1.165) is 23.3 Å². The molecule has 0 spiro atoms. The van der Waals surface area contributed by atoms with Gasteiger partial charge in [-0.05, 0) is 36.1 Å². The smallest absolute Gasteiger partial charge is 0.308 e. The lowest BCUT2D eigenvalue weighted by Gasteiger charge is -2.40. The summed E-state index contributed by atoms with van der Waals surface area (Å²) in [7, 11) is 0. The number of benzene rings is 2. The fourth-order valence-corrected chi connectivity index (χ4v) is 3.92. The first-order valence-corrected chi connectivity index (χ1v) is 10.4. The van der Waals surface area contributed by atoms with Gasteiger partial charge in [-0.2, -0.15) is 0 Å².